The maximum atomic E-state index is 12.4. The van der Waals surface area contributed by atoms with Crippen molar-refractivity contribution in [1.82, 2.24) is 0 Å². The molecule has 0 fully saturated rings. The zero-order chi connectivity index (χ0) is 16.4. The molecule has 3 rings (SSSR count). The average Bonchev–Trinajstić information content (AvgIpc) is 2.54. The summed E-state index contributed by atoms with van der Waals surface area (Å²) in [5.74, 6) is 0.640. The van der Waals surface area contributed by atoms with Crippen molar-refractivity contribution in [2.45, 2.75) is 6.92 Å². The quantitative estimate of drug-likeness (QED) is 0.873. The Hall–Kier alpha value is -2.53. The highest BCUT2D eigenvalue weighted by atomic mass is 35.5. The minimum atomic E-state index is -0.359. The van der Waals surface area contributed by atoms with E-state index in [9.17, 15) is 9.59 Å². The molecule has 6 heteroatoms. The normalized spacial score (nSPS) is 12.6. The highest BCUT2D eigenvalue weighted by Crippen LogP contribution is 2.35. The molecule has 1 N–H and O–H groups in total. The molecule has 0 saturated carbocycles. The molecule has 0 bridgehead atoms. The molecule has 2 aromatic rings. The van der Waals surface area contributed by atoms with Crippen LogP contribution in [-0.2, 0) is 0 Å². The van der Waals surface area contributed by atoms with Crippen LogP contribution in [0.1, 0.15) is 27.6 Å². The minimum absolute atomic E-state index is 0.0299. The number of halogens is 1. The van der Waals surface area contributed by atoms with E-state index in [1.807, 2.05) is 0 Å². The van der Waals surface area contributed by atoms with Gasteiger partial charge in [-0.25, -0.2) is 0 Å². The SMILES string of the molecule is CC(=O)c1ccc(NC(=O)c2cc3c(cc2Cl)OCCO3)cc1. The lowest BCUT2D eigenvalue weighted by atomic mass is 10.1. The van der Waals surface area contributed by atoms with Gasteiger partial charge in [0.2, 0.25) is 0 Å². The van der Waals surface area contributed by atoms with E-state index in [-0.39, 0.29) is 16.7 Å². The molecule has 0 atom stereocenters. The van der Waals surface area contributed by atoms with Crippen molar-refractivity contribution in [2.75, 3.05) is 18.5 Å². The third-order valence-corrected chi connectivity index (χ3v) is 3.74. The molecular formula is C17H14ClNO4. The number of hydrogen-bond donors (Lipinski definition) is 1. The Kier molecular flexibility index (Phi) is 4.21. The fraction of sp³-hybridized carbons (Fsp3) is 0.176. The van der Waals surface area contributed by atoms with Crippen molar-refractivity contribution in [3.8, 4) is 11.5 Å². The molecule has 0 aromatic heterocycles. The molecule has 0 unspecified atom stereocenters. The van der Waals surface area contributed by atoms with E-state index in [4.69, 9.17) is 21.1 Å². The summed E-state index contributed by atoms with van der Waals surface area (Å²) >= 11 is 6.15. The molecule has 2 aromatic carbocycles. The Morgan fingerprint density at radius 2 is 1.65 bits per heavy atom. The number of hydrogen-bond acceptors (Lipinski definition) is 4. The van der Waals surface area contributed by atoms with Crippen LogP contribution in [-0.4, -0.2) is 24.9 Å². The molecule has 1 aliphatic heterocycles. The van der Waals surface area contributed by atoms with Crippen molar-refractivity contribution in [1.29, 1.82) is 0 Å². The van der Waals surface area contributed by atoms with E-state index in [1.165, 1.54) is 6.92 Å². The second-order valence-corrected chi connectivity index (χ2v) is 5.47. The summed E-state index contributed by atoms with van der Waals surface area (Å²) in [6.45, 7) is 2.38. The largest absolute Gasteiger partial charge is 0.486 e. The van der Waals surface area contributed by atoms with Crippen molar-refractivity contribution >= 4 is 29.0 Å². The van der Waals surface area contributed by atoms with E-state index in [1.54, 1.807) is 36.4 Å². The number of carbonyl (C=O) groups is 2. The predicted octanol–water partition coefficient (Wildman–Crippen LogP) is 3.57. The number of benzene rings is 2. The molecule has 1 amide bonds. The van der Waals surface area contributed by atoms with Crippen LogP contribution in [0.4, 0.5) is 5.69 Å². The average molecular weight is 332 g/mol. The van der Waals surface area contributed by atoms with Gasteiger partial charge < -0.3 is 14.8 Å². The molecule has 23 heavy (non-hydrogen) atoms. The van der Waals surface area contributed by atoms with Crippen LogP contribution in [0.3, 0.4) is 0 Å². The van der Waals surface area contributed by atoms with Gasteiger partial charge in [0.1, 0.15) is 13.2 Å². The van der Waals surface area contributed by atoms with Crippen LogP contribution in [0.2, 0.25) is 5.02 Å². The topological polar surface area (TPSA) is 64.6 Å². The lowest BCUT2D eigenvalue weighted by Crippen LogP contribution is -2.17. The fourth-order valence-electron chi connectivity index (χ4n) is 2.22. The number of ketones is 1. The van der Waals surface area contributed by atoms with Crippen LogP contribution < -0.4 is 14.8 Å². The summed E-state index contributed by atoms with van der Waals surface area (Å²) in [5, 5.41) is 3.03. The van der Waals surface area contributed by atoms with E-state index in [0.717, 1.165) is 0 Å². The third-order valence-electron chi connectivity index (χ3n) is 3.43. The summed E-state index contributed by atoms with van der Waals surface area (Å²) in [5.41, 5.74) is 1.46. The summed E-state index contributed by atoms with van der Waals surface area (Å²) in [4.78, 5) is 23.6. The second-order valence-electron chi connectivity index (χ2n) is 5.06. The summed E-state index contributed by atoms with van der Waals surface area (Å²) < 4.78 is 10.9. The molecule has 0 radical (unpaired) electrons. The first-order valence-electron chi connectivity index (χ1n) is 7.06. The lowest BCUT2D eigenvalue weighted by molar-refractivity contribution is 0.101. The number of fused-ring (bicyclic) bond motifs is 1. The zero-order valence-electron chi connectivity index (χ0n) is 12.4. The van der Waals surface area contributed by atoms with Gasteiger partial charge in [-0.2, -0.15) is 0 Å². The minimum Gasteiger partial charge on any atom is -0.486 e. The Labute approximate surface area is 138 Å². The molecule has 1 heterocycles. The first kappa shape index (κ1) is 15.4. The lowest BCUT2D eigenvalue weighted by Gasteiger charge is -2.19. The number of carbonyl (C=O) groups excluding carboxylic acids is 2. The number of amides is 1. The van der Waals surface area contributed by atoms with Crippen molar-refractivity contribution in [3.63, 3.8) is 0 Å². The smallest absolute Gasteiger partial charge is 0.257 e. The predicted molar refractivity (Wildman–Crippen MR) is 86.8 cm³/mol. The first-order valence-corrected chi connectivity index (χ1v) is 7.44. The van der Waals surface area contributed by atoms with Gasteiger partial charge in [0.25, 0.3) is 5.91 Å². The molecule has 0 saturated heterocycles. The van der Waals surface area contributed by atoms with Gasteiger partial charge in [-0.1, -0.05) is 11.6 Å². The van der Waals surface area contributed by atoms with E-state index < -0.39 is 0 Å². The van der Waals surface area contributed by atoms with Crippen LogP contribution in [0.15, 0.2) is 36.4 Å². The number of anilines is 1. The van der Waals surface area contributed by atoms with Crippen molar-refractivity contribution in [2.24, 2.45) is 0 Å². The van der Waals surface area contributed by atoms with Gasteiger partial charge in [0, 0.05) is 17.3 Å². The Morgan fingerprint density at radius 1 is 1.04 bits per heavy atom. The van der Waals surface area contributed by atoms with Gasteiger partial charge in [0.15, 0.2) is 17.3 Å². The summed E-state index contributed by atoms with van der Waals surface area (Å²) in [7, 11) is 0. The third kappa shape index (κ3) is 3.29. The number of nitrogens with one attached hydrogen (secondary N) is 1. The van der Waals surface area contributed by atoms with Gasteiger partial charge in [-0.05, 0) is 37.3 Å². The number of rotatable bonds is 3. The maximum absolute atomic E-state index is 12.4. The van der Waals surface area contributed by atoms with Crippen molar-refractivity contribution < 1.29 is 19.1 Å². The summed E-state index contributed by atoms with van der Waals surface area (Å²) in [6, 6.07) is 9.79. The Morgan fingerprint density at radius 3 is 2.26 bits per heavy atom. The second kappa shape index (κ2) is 6.30. The van der Waals surface area contributed by atoms with Gasteiger partial charge in [0.05, 0.1) is 10.6 Å². The molecule has 118 valence electrons. The van der Waals surface area contributed by atoms with E-state index in [0.29, 0.717) is 41.5 Å². The molecular weight excluding hydrogens is 318 g/mol. The number of Topliss-reactive ketones (excluding diaryl/α,β-unsaturated/α-hetero) is 1. The highest BCUT2D eigenvalue weighted by molar-refractivity contribution is 6.34. The van der Waals surface area contributed by atoms with E-state index >= 15 is 0 Å². The van der Waals surface area contributed by atoms with Gasteiger partial charge >= 0.3 is 0 Å². The monoisotopic (exact) mass is 331 g/mol. The Bertz CT molecular complexity index is 771. The Balaban J connectivity index is 1.81. The first-order chi connectivity index (χ1) is 11.0. The highest BCUT2D eigenvalue weighted by Gasteiger charge is 2.19. The fourth-order valence-corrected chi connectivity index (χ4v) is 2.46. The van der Waals surface area contributed by atoms with Crippen LogP contribution >= 0.6 is 11.6 Å². The van der Waals surface area contributed by atoms with Crippen LogP contribution in [0.25, 0.3) is 0 Å². The van der Waals surface area contributed by atoms with E-state index in [2.05, 4.69) is 5.32 Å². The van der Waals surface area contributed by atoms with Crippen LogP contribution in [0.5, 0.6) is 11.5 Å². The zero-order valence-corrected chi connectivity index (χ0v) is 13.1. The standard InChI is InChI=1S/C17H14ClNO4/c1-10(20)11-2-4-12(5-3-11)19-17(21)13-8-15-16(9-14(13)18)23-7-6-22-15/h2-5,8-9H,6-7H2,1H3,(H,19,21). The van der Waals surface area contributed by atoms with Crippen molar-refractivity contribution in [3.05, 3.63) is 52.5 Å². The summed E-state index contributed by atoms with van der Waals surface area (Å²) in [6.07, 6.45) is 0. The maximum Gasteiger partial charge on any atom is 0.257 e. The van der Waals surface area contributed by atoms with Crippen LogP contribution in [0, 0.1) is 0 Å². The molecule has 0 spiro atoms. The molecule has 1 aliphatic rings. The molecule has 5 nitrogen and oxygen atoms in total. The number of ether oxygens (including phenoxy) is 2. The van der Waals surface area contributed by atoms with Gasteiger partial charge in [-0.15, -0.1) is 0 Å². The molecule has 0 aliphatic carbocycles. The van der Waals surface area contributed by atoms with Gasteiger partial charge in [-0.3, -0.25) is 9.59 Å².